The third kappa shape index (κ3) is 4.45. The molecular formula is C18H29NO2. The lowest BCUT2D eigenvalue weighted by molar-refractivity contribution is 0.0346. The average Bonchev–Trinajstić information content (AvgIpc) is 2.50. The monoisotopic (exact) mass is 291 g/mol. The van der Waals surface area contributed by atoms with E-state index in [0.717, 1.165) is 37.6 Å². The van der Waals surface area contributed by atoms with Gasteiger partial charge in [-0.15, -0.1) is 0 Å². The van der Waals surface area contributed by atoms with Gasteiger partial charge in [0, 0.05) is 25.1 Å². The van der Waals surface area contributed by atoms with Crippen molar-refractivity contribution in [3.05, 3.63) is 29.8 Å². The standard InChI is InChI=1S/C18H29NO2/c1-15-8-10-18(14-20,11-9-15)13-19(2)12-16-4-6-17(21-3)7-5-16/h4-7,15,20H,8-14H2,1-3H3. The van der Waals surface area contributed by atoms with Gasteiger partial charge < -0.3 is 14.7 Å². The molecule has 118 valence electrons. The van der Waals surface area contributed by atoms with Gasteiger partial charge in [-0.2, -0.15) is 0 Å². The molecule has 1 aliphatic rings. The van der Waals surface area contributed by atoms with Gasteiger partial charge in [0.15, 0.2) is 0 Å². The van der Waals surface area contributed by atoms with E-state index in [1.807, 2.05) is 12.1 Å². The van der Waals surface area contributed by atoms with Gasteiger partial charge in [0.25, 0.3) is 0 Å². The fraction of sp³-hybridized carbons (Fsp3) is 0.667. The number of hydrogen-bond donors (Lipinski definition) is 1. The Hall–Kier alpha value is -1.06. The van der Waals surface area contributed by atoms with Gasteiger partial charge in [-0.1, -0.05) is 31.9 Å². The molecule has 3 nitrogen and oxygen atoms in total. The molecule has 3 heteroatoms. The van der Waals surface area contributed by atoms with Crippen LogP contribution < -0.4 is 4.74 Å². The second-order valence-electron chi connectivity index (χ2n) is 6.86. The number of aliphatic hydroxyl groups is 1. The summed E-state index contributed by atoms with van der Waals surface area (Å²) in [4.78, 5) is 2.34. The largest absolute Gasteiger partial charge is 0.497 e. The van der Waals surface area contributed by atoms with Crippen LogP contribution in [0.3, 0.4) is 0 Å². The van der Waals surface area contributed by atoms with Crippen LogP contribution in [0.15, 0.2) is 24.3 Å². The molecule has 2 rings (SSSR count). The van der Waals surface area contributed by atoms with Crippen LogP contribution in [0, 0.1) is 11.3 Å². The maximum absolute atomic E-state index is 9.87. The quantitative estimate of drug-likeness (QED) is 0.873. The third-order valence-corrected chi connectivity index (χ3v) is 4.89. The lowest BCUT2D eigenvalue weighted by Gasteiger charge is -2.40. The van der Waals surface area contributed by atoms with Crippen LogP contribution in [0.4, 0.5) is 0 Å². The molecule has 0 aliphatic heterocycles. The highest BCUT2D eigenvalue weighted by atomic mass is 16.5. The van der Waals surface area contributed by atoms with Crippen LogP contribution in [0.2, 0.25) is 0 Å². The molecule has 0 aromatic heterocycles. The number of benzene rings is 1. The van der Waals surface area contributed by atoms with Gasteiger partial charge in [-0.25, -0.2) is 0 Å². The summed E-state index contributed by atoms with van der Waals surface area (Å²) in [6, 6.07) is 8.24. The predicted octanol–water partition coefficient (Wildman–Crippen LogP) is 3.32. The highest BCUT2D eigenvalue weighted by Gasteiger charge is 2.34. The molecule has 0 unspecified atom stereocenters. The topological polar surface area (TPSA) is 32.7 Å². The van der Waals surface area contributed by atoms with Gasteiger partial charge in [-0.05, 0) is 43.5 Å². The van der Waals surface area contributed by atoms with Gasteiger partial charge in [0.05, 0.1) is 7.11 Å². The van der Waals surface area contributed by atoms with Crippen LogP contribution in [-0.2, 0) is 6.54 Å². The molecule has 1 aromatic carbocycles. The Balaban J connectivity index is 1.91. The molecule has 21 heavy (non-hydrogen) atoms. The van der Waals surface area contributed by atoms with Crippen LogP contribution in [-0.4, -0.2) is 37.3 Å². The SMILES string of the molecule is COc1ccc(CN(C)CC2(CO)CCC(C)CC2)cc1. The van der Waals surface area contributed by atoms with Crippen molar-refractivity contribution in [3.63, 3.8) is 0 Å². The number of aliphatic hydroxyl groups excluding tert-OH is 1. The molecule has 1 fully saturated rings. The van der Waals surface area contributed by atoms with Crippen LogP contribution in [0.5, 0.6) is 5.75 Å². The first-order chi connectivity index (χ1) is 10.1. The molecule has 0 saturated heterocycles. The zero-order valence-electron chi connectivity index (χ0n) is 13.6. The van der Waals surface area contributed by atoms with Crippen molar-refractivity contribution in [2.75, 3.05) is 27.3 Å². The smallest absolute Gasteiger partial charge is 0.118 e. The molecule has 1 saturated carbocycles. The normalized spacial score (nSPS) is 26.0. The maximum Gasteiger partial charge on any atom is 0.118 e. The minimum Gasteiger partial charge on any atom is -0.497 e. The van der Waals surface area contributed by atoms with E-state index < -0.39 is 0 Å². The van der Waals surface area contributed by atoms with Crippen molar-refractivity contribution in [1.82, 2.24) is 4.90 Å². The van der Waals surface area contributed by atoms with E-state index in [-0.39, 0.29) is 5.41 Å². The first kappa shape index (κ1) is 16.3. The summed E-state index contributed by atoms with van der Waals surface area (Å²) in [5.41, 5.74) is 1.39. The second-order valence-corrected chi connectivity index (χ2v) is 6.86. The Morgan fingerprint density at radius 3 is 2.38 bits per heavy atom. The molecule has 0 amide bonds. The molecule has 0 heterocycles. The maximum atomic E-state index is 9.87. The lowest BCUT2D eigenvalue weighted by Crippen LogP contribution is -2.40. The van der Waals surface area contributed by atoms with Crippen LogP contribution in [0.1, 0.15) is 38.2 Å². The zero-order valence-corrected chi connectivity index (χ0v) is 13.6. The number of methoxy groups -OCH3 is 1. The minimum absolute atomic E-state index is 0.105. The fourth-order valence-electron chi connectivity index (χ4n) is 3.41. The third-order valence-electron chi connectivity index (χ3n) is 4.89. The van der Waals surface area contributed by atoms with Crippen molar-refractivity contribution < 1.29 is 9.84 Å². The van der Waals surface area contributed by atoms with Crippen molar-refractivity contribution >= 4 is 0 Å². The summed E-state index contributed by atoms with van der Waals surface area (Å²) >= 11 is 0. The Morgan fingerprint density at radius 1 is 1.24 bits per heavy atom. The van der Waals surface area contributed by atoms with E-state index in [1.54, 1.807) is 7.11 Å². The molecule has 1 N–H and O–H groups in total. The van der Waals surface area contributed by atoms with E-state index in [4.69, 9.17) is 4.74 Å². The number of rotatable bonds is 6. The average molecular weight is 291 g/mol. The molecule has 0 atom stereocenters. The van der Waals surface area contributed by atoms with E-state index in [1.165, 1.54) is 18.4 Å². The molecule has 0 bridgehead atoms. The van der Waals surface area contributed by atoms with Crippen molar-refractivity contribution in [3.8, 4) is 5.75 Å². The Labute approximate surface area is 128 Å². The Bertz CT molecular complexity index is 421. The van der Waals surface area contributed by atoms with Gasteiger partial charge in [0.2, 0.25) is 0 Å². The summed E-state index contributed by atoms with van der Waals surface area (Å²) in [7, 11) is 3.84. The molecule has 0 radical (unpaired) electrons. The molecule has 1 aromatic rings. The molecule has 1 aliphatic carbocycles. The fourth-order valence-corrected chi connectivity index (χ4v) is 3.41. The zero-order chi connectivity index (χ0) is 15.3. The first-order valence-electron chi connectivity index (χ1n) is 7.99. The first-order valence-corrected chi connectivity index (χ1v) is 7.99. The van der Waals surface area contributed by atoms with E-state index >= 15 is 0 Å². The lowest BCUT2D eigenvalue weighted by atomic mass is 9.71. The summed E-state index contributed by atoms with van der Waals surface area (Å²) in [5.74, 6) is 1.71. The van der Waals surface area contributed by atoms with Gasteiger partial charge in [-0.3, -0.25) is 0 Å². The number of nitrogens with zero attached hydrogens (tertiary/aromatic N) is 1. The highest BCUT2D eigenvalue weighted by molar-refractivity contribution is 5.27. The summed E-state index contributed by atoms with van der Waals surface area (Å²) in [5, 5.41) is 9.87. The second kappa shape index (κ2) is 7.28. The van der Waals surface area contributed by atoms with Crippen molar-refractivity contribution in [2.24, 2.45) is 11.3 Å². The molecular weight excluding hydrogens is 262 g/mol. The highest BCUT2D eigenvalue weighted by Crippen LogP contribution is 2.39. The van der Waals surface area contributed by atoms with Gasteiger partial charge in [0.1, 0.15) is 5.75 Å². The summed E-state index contributed by atoms with van der Waals surface area (Å²) in [6.45, 7) is 4.53. The van der Waals surface area contributed by atoms with Gasteiger partial charge >= 0.3 is 0 Å². The number of ether oxygens (including phenoxy) is 1. The van der Waals surface area contributed by atoms with E-state index in [9.17, 15) is 5.11 Å². The predicted molar refractivity (Wildman–Crippen MR) is 86.5 cm³/mol. The minimum atomic E-state index is 0.105. The summed E-state index contributed by atoms with van der Waals surface area (Å²) < 4.78 is 5.19. The molecule has 0 spiro atoms. The number of hydrogen-bond acceptors (Lipinski definition) is 3. The van der Waals surface area contributed by atoms with Crippen molar-refractivity contribution in [2.45, 2.75) is 39.2 Å². The van der Waals surface area contributed by atoms with Crippen molar-refractivity contribution in [1.29, 1.82) is 0 Å². The van der Waals surface area contributed by atoms with E-state index in [2.05, 4.69) is 31.0 Å². The Kier molecular flexibility index (Phi) is 5.65. The Morgan fingerprint density at radius 2 is 1.86 bits per heavy atom. The summed E-state index contributed by atoms with van der Waals surface area (Å²) in [6.07, 6.45) is 4.79. The van der Waals surface area contributed by atoms with Crippen LogP contribution >= 0.6 is 0 Å². The van der Waals surface area contributed by atoms with Crippen LogP contribution in [0.25, 0.3) is 0 Å². The van der Waals surface area contributed by atoms with E-state index in [0.29, 0.717) is 6.61 Å².